The summed E-state index contributed by atoms with van der Waals surface area (Å²) in [5, 5.41) is 10.3. The van der Waals surface area contributed by atoms with Crippen LogP contribution in [0.2, 0.25) is 0 Å². The SMILES string of the molecule is CC1(c2cccc3ccccc23)NC(=O)N(CC(=O)Nc2ccccc2C(=O)NC2CCCC2)C1=O. The molecule has 184 valence electrons. The molecule has 2 aliphatic rings. The molecule has 1 unspecified atom stereocenters. The van der Waals surface area contributed by atoms with E-state index in [0.29, 0.717) is 16.8 Å². The Kier molecular flexibility index (Phi) is 6.18. The van der Waals surface area contributed by atoms with Gasteiger partial charge in [0.05, 0.1) is 11.3 Å². The van der Waals surface area contributed by atoms with Crippen molar-refractivity contribution in [3.63, 3.8) is 0 Å². The molecule has 1 saturated carbocycles. The van der Waals surface area contributed by atoms with Crippen LogP contribution in [-0.4, -0.2) is 41.2 Å². The minimum absolute atomic E-state index is 0.138. The molecule has 0 spiro atoms. The van der Waals surface area contributed by atoms with Crippen LogP contribution >= 0.6 is 0 Å². The third kappa shape index (κ3) is 4.30. The van der Waals surface area contributed by atoms with E-state index in [0.717, 1.165) is 41.4 Å². The number of hydrogen-bond acceptors (Lipinski definition) is 4. The first-order chi connectivity index (χ1) is 17.4. The fraction of sp³-hybridized carbons (Fsp3) is 0.286. The van der Waals surface area contributed by atoms with Crippen LogP contribution in [0.4, 0.5) is 10.5 Å². The predicted molar refractivity (Wildman–Crippen MR) is 136 cm³/mol. The Morgan fingerprint density at radius 2 is 1.67 bits per heavy atom. The Balaban J connectivity index is 1.32. The molecule has 0 radical (unpaired) electrons. The van der Waals surface area contributed by atoms with Gasteiger partial charge in [0, 0.05) is 6.04 Å². The lowest BCUT2D eigenvalue weighted by molar-refractivity contribution is -0.133. The minimum Gasteiger partial charge on any atom is -0.349 e. The predicted octanol–water partition coefficient (Wildman–Crippen LogP) is 3.92. The zero-order chi connectivity index (χ0) is 25.3. The molecule has 36 heavy (non-hydrogen) atoms. The topological polar surface area (TPSA) is 108 Å². The third-order valence-electron chi connectivity index (χ3n) is 7.04. The highest BCUT2D eigenvalue weighted by Gasteiger charge is 2.50. The highest BCUT2D eigenvalue weighted by Crippen LogP contribution is 2.33. The molecule has 1 saturated heterocycles. The first kappa shape index (κ1) is 23.5. The zero-order valence-corrected chi connectivity index (χ0v) is 20.0. The van der Waals surface area contributed by atoms with Crippen LogP contribution in [0, 0.1) is 0 Å². The van der Waals surface area contributed by atoms with Crippen LogP contribution in [0.5, 0.6) is 0 Å². The lowest BCUT2D eigenvalue weighted by Gasteiger charge is -2.24. The van der Waals surface area contributed by atoms with Crippen molar-refractivity contribution in [3.8, 4) is 0 Å². The van der Waals surface area contributed by atoms with Crippen LogP contribution in [-0.2, 0) is 15.1 Å². The lowest BCUT2D eigenvalue weighted by Crippen LogP contribution is -2.42. The van der Waals surface area contributed by atoms with E-state index in [2.05, 4.69) is 16.0 Å². The maximum absolute atomic E-state index is 13.4. The summed E-state index contributed by atoms with van der Waals surface area (Å²) in [6, 6.07) is 19.4. The van der Waals surface area contributed by atoms with Gasteiger partial charge >= 0.3 is 6.03 Å². The monoisotopic (exact) mass is 484 g/mol. The Morgan fingerprint density at radius 3 is 2.47 bits per heavy atom. The van der Waals surface area contributed by atoms with E-state index in [9.17, 15) is 19.2 Å². The van der Waals surface area contributed by atoms with Crippen molar-refractivity contribution in [2.75, 3.05) is 11.9 Å². The quantitative estimate of drug-likeness (QED) is 0.461. The van der Waals surface area contributed by atoms with Crippen molar-refractivity contribution in [1.29, 1.82) is 0 Å². The number of urea groups is 1. The van der Waals surface area contributed by atoms with Crippen molar-refractivity contribution < 1.29 is 19.2 Å². The van der Waals surface area contributed by atoms with Gasteiger partial charge in [-0.25, -0.2) is 4.79 Å². The molecule has 0 bridgehead atoms. The van der Waals surface area contributed by atoms with Crippen molar-refractivity contribution in [1.82, 2.24) is 15.5 Å². The molecule has 0 aromatic heterocycles. The van der Waals surface area contributed by atoms with Crippen molar-refractivity contribution >= 4 is 40.2 Å². The second kappa shape index (κ2) is 9.45. The minimum atomic E-state index is -1.31. The van der Waals surface area contributed by atoms with Crippen molar-refractivity contribution in [2.45, 2.75) is 44.2 Å². The number of amides is 5. The average Bonchev–Trinajstić information content (AvgIpc) is 3.46. The summed E-state index contributed by atoms with van der Waals surface area (Å²) in [4.78, 5) is 52.9. The zero-order valence-electron chi connectivity index (χ0n) is 20.0. The highest BCUT2D eigenvalue weighted by atomic mass is 16.2. The van der Waals surface area contributed by atoms with Crippen LogP contribution in [0.3, 0.4) is 0 Å². The van der Waals surface area contributed by atoms with Gasteiger partial charge in [-0.2, -0.15) is 0 Å². The number of anilines is 1. The van der Waals surface area contributed by atoms with Crippen molar-refractivity contribution in [3.05, 3.63) is 77.9 Å². The third-order valence-corrected chi connectivity index (χ3v) is 7.04. The number of carbonyl (C=O) groups is 4. The molecule has 2 fully saturated rings. The second-order valence-electron chi connectivity index (χ2n) is 9.52. The number of nitrogens with one attached hydrogen (secondary N) is 3. The first-order valence-electron chi connectivity index (χ1n) is 12.2. The Bertz CT molecular complexity index is 1360. The van der Waals surface area contributed by atoms with E-state index in [4.69, 9.17) is 0 Å². The Labute approximate surface area is 209 Å². The summed E-state index contributed by atoms with van der Waals surface area (Å²) < 4.78 is 0. The Hall–Kier alpha value is -4.20. The molecule has 1 aliphatic heterocycles. The molecule has 3 aromatic carbocycles. The lowest BCUT2D eigenvalue weighted by atomic mass is 9.88. The summed E-state index contributed by atoms with van der Waals surface area (Å²) in [5.41, 5.74) is 0.0327. The average molecular weight is 485 g/mol. The van der Waals surface area contributed by atoms with Crippen molar-refractivity contribution in [2.24, 2.45) is 0 Å². The number of carbonyl (C=O) groups excluding carboxylic acids is 4. The van der Waals surface area contributed by atoms with Crippen LogP contribution in [0.25, 0.3) is 10.8 Å². The van der Waals surface area contributed by atoms with Gasteiger partial charge in [-0.05, 0) is 48.2 Å². The summed E-state index contributed by atoms with van der Waals surface area (Å²) in [6.45, 7) is 1.18. The molecular formula is C28H28N4O4. The van der Waals surface area contributed by atoms with E-state index >= 15 is 0 Å². The van der Waals surface area contributed by atoms with E-state index < -0.39 is 29.9 Å². The van der Waals surface area contributed by atoms with Crippen LogP contribution in [0.15, 0.2) is 66.7 Å². The number of imide groups is 1. The molecule has 1 heterocycles. The van der Waals surface area contributed by atoms with E-state index in [1.54, 1.807) is 31.2 Å². The number of rotatable bonds is 6. The molecule has 1 atom stereocenters. The van der Waals surface area contributed by atoms with Gasteiger partial charge in [0.1, 0.15) is 12.1 Å². The molecular weight excluding hydrogens is 456 g/mol. The largest absolute Gasteiger partial charge is 0.349 e. The van der Waals surface area contributed by atoms with Gasteiger partial charge in [-0.15, -0.1) is 0 Å². The molecule has 3 N–H and O–H groups in total. The summed E-state index contributed by atoms with van der Waals surface area (Å²) in [6.07, 6.45) is 4.07. The second-order valence-corrected chi connectivity index (χ2v) is 9.52. The maximum Gasteiger partial charge on any atom is 0.325 e. The Morgan fingerprint density at radius 1 is 0.972 bits per heavy atom. The number of fused-ring (bicyclic) bond motifs is 1. The molecule has 1 aliphatic carbocycles. The van der Waals surface area contributed by atoms with Gasteiger partial charge in [0.2, 0.25) is 5.91 Å². The highest BCUT2D eigenvalue weighted by molar-refractivity contribution is 6.12. The normalized spacial score (nSPS) is 20.0. The molecule has 5 rings (SSSR count). The van der Waals surface area contributed by atoms with E-state index in [1.807, 2.05) is 42.5 Å². The van der Waals surface area contributed by atoms with E-state index in [-0.39, 0.29) is 11.9 Å². The van der Waals surface area contributed by atoms with Gasteiger partial charge in [-0.1, -0.05) is 67.4 Å². The molecule has 3 aromatic rings. The molecule has 8 heteroatoms. The van der Waals surface area contributed by atoms with Gasteiger partial charge in [0.25, 0.3) is 11.8 Å². The number of nitrogens with zero attached hydrogens (tertiary/aromatic N) is 1. The maximum atomic E-state index is 13.4. The summed E-state index contributed by atoms with van der Waals surface area (Å²) in [5.74, 6) is -1.33. The van der Waals surface area contributed by atoms with Gasteiger partial charge in [-0.3, -0.25) is 19.3 Å². The van der Waals surface area contributed by atoms with Crippen LogP contribution in [0.1, 0.15) is 48.5 Å². The number of benzene rings is 3. The molecule has 8 nitrogen and oxygen atoms in total. The number of para-hydroxylation sites is 1. The standard InChI is InChI=1S/C28H28N4O4/c1-28(22-15-8-10-18-9-2-5-13-20(18)22)26(35)32(27(36)31-28)17-24(33)30-23-16-7-6-14-21(23)25(34)29-19-11-3-4-12-19/h2,5-10,13-16,19H,3-4,11-12,17H2,1H3,(H,29,34)(H,30,33)(H,31,36). The van der Waals surface area contributed by atoms with Gasteiger partial charge < -0.3 is 16.0 Å². The molecule has 5 amide bonds. The first-order valence-corrected chi connectivity index (χ1v) is 12.2. The van der Waals surface area contributed by atoms with E-state index in [1.165, 1.54) is 0 Å². The summed E-state index contributed by atoms with van der Waals surface area (Å²) in [7, 11) is 0. The van der Waals surface area contributed by atoms with Crippen LogP contribution < -0.4 is 16.0 Å². The van der Waals surface area contributed by atoms with Gasteiger partial charge in [0.15, 0.2) is 0 Å². The summed E-state index contributed by atoms with van der Waals surface area (Å²) >= 11 is 0. The smallest absolute Gasteiger partial charge is 0.325 e. The fourth-order valence-corrected chi connectivity index (χ4v) is 5.14. The number of hydrogen-bond donors (Lipinski definition) is 3. The fourth-order valence-electron chi connectivity index (χ4n) is 5.14.